The Kier molecular flexibility index (Phi) is 5.22. The lowest BCUT2D eigenvalue weighted by atomic mass is 10.1. The lowest BCUT2D eigenvalue weighted by molar-refractivity contribution is 0.0931. The van der Waals surface area contributed by atoms with Gasteiger partial charge >= 0.3 is 0 Å². The first kappa shape index (κ1) is 14.6. The molecule has 0 aromatic heterocycles. The number of rotatable bonds is 5. The van der Waals surface area contributed by atoms with Crippen LogP contribution in [-0.4, -0.2) is 37.5 Å². The van der Waals surface area contributed by atoms with Crippen molar-refractivity contribution < 1.29 is 13.6 Å². The molecule has 0 saturated heterocycles. The number of amides is 1. The van der Waals surface area contributed by atoms with Crippen LogP contribution in [0.3, 0.4) is 0 Å². The lowest BCUT2D eigenvalue weighted by Crippen LogP contribution is -2.35. The first-order chi connectivity index (χ1) is 8.41. The van der Waals surface area contributed by atoms with E-state index < -0.39 is 17.5 Å². The molecule has 0 spiro atoms. The second-order valence-electron chi connectivity index (χ2n) is 4.57. The highest BCUT2D eigenvalue weighted by atomic mass is 19.2. The topological polar surface area (TPSA) is 32.3 Å². The standard InChI is InChI=1S/C13H18F2N2O/c1-9(7-8-17(2)3)16-13(18)10-5-4-6-11(14)12(10)15/h4-6,9H,7-8H2,1-3H3,(H,16,18). The van der Waals surface area contributed by atoms with Crippen LogP contribution in [0.15, 0.2) is 18.2 Å². The molecule has 0 fully saturated rings. The van der Waals surface area contributed by atoms with E-state index in [-0.39, 0.29) is 11.6 Å². The molecule has 1 unspecified atom stereocenters. The molecule has 100 valence electrons. The van der Waals surface area contributed by atoms with E-state index in [2.05, 4.69) is 5.32 Å². The second kappa shape index (κ2) is 6.44. The first-order valence-electron chi connectivity index (χ1n) is 5.81. The van der Waals surface area contributed by atoms with Gasteiger partial charge in [-0.25, -0.2) is 8.78 Å². The third kappa shape index (κ3) is 4.07. The lowest BCUT2D eigenvalue weighted by Gasteiger charge is -2.16. The maximum absolute atomic E-state index is 13.4. The minimum atomic E-state index is -1.10. The summed E-state index contributed by atoms with van der Waals surface area (Å²) in [6.45, 7) is 2.64. The van der Waals surface area contributed by atoms with Crippen LogP contribution in [0.5, 0.6) is 0 Å². The zero-order valence-corrected chi connectivity index (χ0v) is 10.8. The van der Waals surface area contributed by atoms with Gasteiger partial charge in [-0.2, -0.15) is 0 Å². The van der Waals surface area contributed by atoms with Crippen molar-refractivity contribution in [2.24, 2.45) is 0 Å². The third-order valence-electron chi connectivity index (χ3n) is 2.58. The van der Waals surface area contributed by atoms with E-state index in [1.165, 1.54) is 12.1 Å². The van der Waals surface area contributed by atoms with Crippen molar-refractivity contribution in [2.75, 3.05) is 20.6 Å². The molecule has 0 bridgehead atoms. The smallest absolute Gasteiger partial charge is 0.254 e. The number of hydrogen-bond acceptors (Lipinski definition) is 2. The molecule has 0 aliphatic rings. The molecule has 0 heterocycles. The Hall–Kier alpha value is -1.49. The zero-order valence-electron chi connectivity index (χ0n) is 10.8. The molecule has 1 atom stereocenters. The molecule has 0 aliphatic carbocycles. The fourth-order valence-electron chi connectivity index (χ4n) is 1.50. The average molecular weight is 256 g/mol. The average Bonchev–Trinajstić information content (AvgIpc) is 2.30. The minimum Gasteiger partial charge on any atom is -0.349 e. The van der Waals surface area contributed by atoms with Crippen LogP contribution in [0.25, 0.3) is 0 Å². The summed E-state index contributed by atoms with van der Waals surface area (Å²) in [5.74, 6) is -2.70. The summed E-state index contributed by atoms with van der Waals surface area (Å²) in [4.78, 5) is 13.7. The maximum atomic E-state index is 13.4. The summed E-state index contributed by atoms with van der Waals surface area (Å²) in [7, 11) is 3.86. The Labute approximate surface area is 106 Å². The largest absolute Gasteiger partial charge is 0.349 e. The van der Waals surface area contributed by atoms with Gasteiger partial charge in [0.25, 0.3) is 5.91 Å². The van der Waals surface area contributed by atoms with Crippen LogP contribution in [0, 0.1) is 11.6 Å². The van der Waals surface area contributed by atoms with Crippen LogP contribution >= 0.6 is 0 Å². The van der Waals surface area contributed by atoms with Gasteiger partial charge in [0, 0.05) is 6.04 Å². The number of nitrogens with one attached hydrogen (secondary N) is 1. The van der Waals surface area contributed by atoms with Gasteiger partial charge in [-0.15, -0.1) is 0 Å². The van der Waals surface area contributed by atoms with Gasteiger partial charge in [-0.1, -0.05) is 6.07 Å². The van der Waals surface area contributed by atoms with E-state index in [4.69, 9.17) is 0 Å². The summed E-state index contributed by atoms with van der Waals surface area (Å²) in [5.41, 5.74) is -0.258. The summed E-state index contributed by atoms with van der Waals surface area (Å²) < 4.78 is 26.3. The summed E-state index contributed by atoms with van der Waals surface area (Å²) in [6.07, 6.45) is 0.746. The van der Waals surface area contributed by atoms with Crippen molar-refractivity contribution in [1.82, 2.24) is 10.2 Å². The fraction of sp³-hybridized carbons (Fsp3) is 0.462. The molecule has 1 amide bonds. The van der Waals surface area contributed by atoms with Gasteiger partial charge in [0.2, 0.25) is 0 Å². The number of hydrogen-bond donors (Lipinski definition) is 1. The zero-order chi connectivity index (χ0) is 13.7. The number of carbonyl (C=O) groups is 1. The Morgan fingerprint density at radius 3 is 2.67 bits per heavy atom. The highest BCUT2D eigenvalue weighted by Gasteiger charge is 2.16. The van der Waals surface area contributed by atoms with Crippen LogP contribution in [-0.2, 0) is 0 Å². The second-order valence-corrected chi connectivity index (χ2v) is 4.57. The summed E-state index contributed by atoms with van der Waals surface area (Å²) in [5, 5.41) is 2.65. The van der Waals surface area contributed by atoms with E-state index in [1.807, 2.05) is 25.9 Å². The molecule has 0 saturated carbocycles. The molecule has 0 aliphatic heterocycles. The number of carbonyl (C=O) groups excluding carboxylic acids is 1. The Morgan fingerprint density at radius 2 is 2.06 bits per heavy atom. The molecule has 5 heteroatoms. The molecule has 3 nitrogen and oxygen atoms in total. The third-order valence-corrected chi connectivity index (χ3v) is 2.58. The van der Waals surface area contributed by atoms with Crippen molar-refractivity contribution in [3.63, 3.8) is 0 Å². The highest BCUT2D eigenvalue weighted by Crippen LogP contribution is 2.11. The van der Waals surface area contributed by atoms with Crippen LogP contribution in [0.1, 0.15) is 23.7 Å². The SMILES string of the molecule is CC(CCN(C)C)NC(=O)c1cccc(F)c1F. The van der Waals surface area contributed by atoms with E-state index in [0.29, 0.717) is 0 Å². The molecule has 1 aromatic carbocycles. The first-order valence-corrected chi connectivity index (χ1v) is 5.81. The predicted octanol–water partition coefficient (Wildman–Crippen LogP) is 2.03. The van der Waals surface area contributed by atoms with E-state index in [9.17, 15) is 13.6 Å². The maximum Gasteiger partial charge on any atom is 0.254 e. The molecule has 1 rings (SSSR count). The van der Waals surface area contributed by atoms with Gasteiger partial charge < -0.3 is 10.2 Å². The monoisotopic (exact) mass is 256 g/mol. The Balaban J connectivity index is 2.62. The van der Waals surface area contributed by atoms with Crippen LogP contribution in [0.4, 0.5) is 8.78 Å². The predicted molar refractivity (Wildman–Crippen MR) is 66.5 cm³/mol. The van der Waals surface area contributed by atoms with Gasteiger partial charge in [-0.05, 0) is 46.1 Å². The normalized spacial score (nSPS) is 12.6. The van der Waals surface area contributed by atoms with E-state index in [1.54, 1.807) is 0 Å². The van der Waals surface area contributed by atoms with Crippen molar-refractivity contribution in [1.29, 1.82) is 0 Å². The van der Waals surface area contributed by atoms with Crippen LogP contribution < -0.4 is 5.32 Å². The minimum absolute atomic E-state index is 0.0948. The van der Waals surface area contributed by atoms with E-state index in [0.717, 1.165) is 19.0 Å². The Morgan fingerprint density at radius 1 is 1.39 bits per heavy atom. The highest BCUT2D eigenvalue weighted by molar-refractivity contribution is 5.94. The number of halogens is 2. The fourth-order valence-corrected chi connectivity index (χ4v) is 1.50. The van der Waals surface area contributed by atoms with Gasteiger partial charge in [-0.3, -0.25) is 4.79 Å². The van der Waals surface area contributed by atoms with Gasteiger partial charge in [0.15, 0.2) is 11.6 Å². The van der Waals surface area contributed by atoms with Gasteiger partial charge in [0.05, 0.1) is 5.56 Å². The van der Waals surface area contributed by atoms with Crippen molar-refractivity contribution in [3.05, 3.63) is 35.4 Å². The van der Waals surface area contributed by atoms with Crippen molar-refractivity contribution in [2.45, 2.75) is 19.4 Å². The van der Waals surface area contributed by atoms with Crippen molar-refractivity contribution >= 4 is 5.91 Å². The molecular weight excluding hydrogens is 238 g/mol. The molecule has 18 heavy (non-hydrogen) atoms. The number of nitrogens with zero attached hydrogens (tertiary/aromatic N) is 1. The Bertz CT molecular complexity index is 421. The van der Waals surface area contributed by atoms with Crippen molar-refractivity contribution in [3.8, 4) is 0 Å². The molecular formula is C13H18F2N2O. The number of benzene rings is 1. The molecule has 0 radical (unpaired) electrons. The summed E-state index contributed by atoms with van der Waals surface area (Å²) >= 11 is 0. The molecule has 1 N–H and O–H groups in total. The van der Waals surface area contributed by atoms with Crippen LogP contribution in [0.2, 0.25) is 0 Å². The van der Waals surface area contributed by atoms with Gasteiger partial charge in [0.1, 0.15) is 0 Å². The van der Waals surface area contributed by atoms with E-state index >= 15 is 0 Å². The molecule has 1 aromatic rings. The summed E-state index contributed by atoms with van der Waals surface area (Å²) in [6, 6.07) is 3.48. The quantitative estimate of drug-likeness (QED) is 0.874.